The predicted octanol–water partition coefficient (Wildman–Crippen LogP) is 3.84. The summed E-state index contributed by atoms with van der Waals surface area (Å²) in [5.74, 6) is -0.350. The van der Waals surface area contributed by atoms with Crippen molar-refractivity contribution in [3.8, 4) is 0 Å². The van der Waals surface area contributed by atoms with E-state index in [0.29, 0.717) is 18.7 Å². The molecular formula is C15H17F2NO. The Bertz CT molecular complexity index is 491. The SMILES string of the molecule is CCCNC(Cc1ccco1)c1c(F)cccc1F. The third-order valence-corrected chi connectivity index (χ3v) is 2.97. The van der Waals surface area contributed by atoms with Gasteiger partial charge in [-0.25, -0.2) is 8.78 Å². The first-order valence-electron chi connectivity index (χ1n) is 6.42. The number of hydrogen-bond donors (Lipinski definition) is 1. The fourth-order valence-electron chi connectivity index (χ4n) is 2.07. The zero-order chi connectivity index (χ0) is 13.7. The lowest BCUT2D eigenvalue weighted by molar-refractivity contribution is 0.423. The second-order valence-electron chi connectivity index (χ2n) is 4.43. The van der Waals surface area contributed by atoms with Crippen LogP contribution in [0.15, 0.2) is 41.0 Å². The molecule has 0 aliphatic heterocycles. The molecule has 0 aliphatic rings. The maximum Gasteiger partial charge on any atom is 0.130 e. The van der Waals surface area contributed by atoms with Crippen molar-refractivity contribution in [3.05, 3.63) is 59.6 Å². The highest BCUT2D eigenvalue weighted by Crippen LogP contribution is 2.24. The van der Waals surface area contributed by atoms with E-state index in [1.165, 1.54) is 18.2 Å². The number of furan rings is 1. The molecule has 2 rings (SSSR count). The topological polar surface area (TPSA) is 25.2 Å². The van der Waals surface area contributed by atoms with Gasteiger partial charge in [-0.1, -0.05) is 13.0 Å². The molecule has 102 valence electrons. The molecule has 1 aromatic carbocycles. The summed E-state index contributed by atoms with van der Waals surface area (Å²) in [6.07, 6.45) is 2.87. The number of hydrogen-bond acceptors (Lipinski definition) is 2. The van der Waals surface area contributed by atoms with Crippen LogP contribution in [-0.4, -0.2) is 6.54 Å². The average molecular weight is 265 g/mol. The second-order valence-corrected chi connectivity index (χ2v) is 4.43. The number of benzene rings is 1. The molecule has 1 atom stereocenters. The summed E-state index contributed by atoms with van der Waals surface area (Å²) in [5.41, 5.74) is 0.0763. The van der Waals surface area contributed by atoms with Crippen LogP contribution in [0, 0.1) is 11.6 Å². The van der Waals surface area contributed by atoms with Crippen LogP contribution >= 0.6 is 0 Å². The summed E-state index contributed by atoms with van der Waals surface area (Å²) in [6.45, 7) is 2.70. The summed E-state index contributed by atoms with van der Waals surface area (Å²) >= 11 is 0. The molecular weight excluding hydrogens is 248 g/mol. The lowest BCUT2D eigenvalue weighted by atomic mass is 10.0. The van der Waals surface area contributed by atoms with Crippen molar-refractivity contribution in [3.63, 3.8) is 0 Å². The summed E-state index contributed by atoms with van der Waals surface area (Å²) in [5, 5.41) is 3.17. The van der Waals surface area contributed by atoms with E-state index in [4.69, 9.17) is 4.42 Å². The van der Waals surface area contributed by atoms with E-state index in [1.807, 2.05) is 6.92 Å². The molecule has 1 aromatic heterocycles. The molecule has 0 aliphatic carbocycles. The van der Waals surface area contributed by atoms with Gasteiger partial charge in [0, 0.05) is 18.0 Å². The smallest absolute Gasteiger partial charge is 0.130 e. The van der Waals surface area contributed by atoms with Crippen molar-refractivity contribution in [1.29, 1.82) is 0 Å². The lowest BCUT2D eigenvalue weighted by Crippen LogP contribution is -2.26. The highest BCUT2D eigenvalue weighted by Gasteiger charge is 2.20. The Morgan fingerprint density at radius 1 is 1.16 bits per heavy atom. The molecule has 19 heavy (non-hydrogen) atoms. The van der Waals surface area contributed by atoms with Crippen LogP contribution in [0.5, 0.6) is 0 Å². The maximum absolute atomic E-state index is 13.8. The Kier molecular flexibility index (Phi) is 4.68. The van der Waals surface area contributed by atoms with Crippen LogP contribution < -0.4 is 5.32 Å². The van der Waals surface area contributed by atoms with E-state index >= 15 is 0 Å². The maximum atomic E-state index is 13.8. The van der Waals surface area contributed by atoms with Crippen LogP contribution in [0.2, 0.25) is 0 Å². The molecule has 0 saturated carbocycles. The fraction of sp³-hybridized carbons (Fsp3) is 0.333. The van der Waals surface area contributed by atoms with Crippen LogP contribution in [-0.2, 0) is 6.42 Å². The van der Waals surface area contributed by atoms with Crippen molar-refractivity contribution in [1.82, 2.24) is 5.32 Å². The third-order valence-electron chi connectivity index (χ3n) is 2.97. The summed E-state index contributed by atoms with van der Waals surface area (Å²) in [4.78, 5) is 0. The van der Waals surface area contributed by atoms with E-state index in [2.05, 4.69) is 5.32 Å². The number of rotatable bonds is 6. The third kappa shape index (κ3) is 3.41. The Morgan fingerprint density at radius 2 is 1.89 bits per heavy atom. The van der Waals surface area contributed by atoms with E-state index < -0.39 is 17.7 Å². The fourth-order valence-corrected chi connectivity index (χ4v) is 2.07. The van der Waals surface area contributed by atoms with Crippen molar-refractivity contribution >= 4 is 0 Å². The Balaban J connectivity index is 2.26. The molecule has 0 saturated heterocycles. The van der Waals surface area contributed by atoms with Gasteiger partial charge in [0.15, 0.2) is 0 Å². The molecule has 1 heterocycles. The van der Waals surface area contributed by atoms with Gasteiger partial charge in [0.2, 0.25) is 0 Å². The number of nitrogens with one attached hydrogen (secondary N) is 1. The van der Waals surface area contributed by atoms with E-state index in [-0.39, 0.29) is 5.56 Å². The predicted molar refractivity (Wildman–Crippen MR) is 69.8 cm³/mol. The standard InChI is InChI=1S/C15H17F2NO/c1-2-8-18-14(10-11-5-4-9-19-11)15-12(16)6-3-7-13(15)17/h3-7,9,14,18H,2,8,10H2,1H3. The highest BCUT2D eigenvalue weighted by atomic mass is 19.1. The van der Waals surface area contributed by atoms with Gasteiger partial charge < -0.3 is 9.73 Å². The van der Waals surface area contributed by atoms with Crippen LogP contribution in [0.3, 0.4) is 0 Å². The molecule has 0 spiro atoms. The van der Waals surface area contributed by atoms with Gasteiger partial charge in [-0.3, -0.25) is 0 Å². The molecule has 0 fully saturated rings. The van der Waals surface area contributed by atoms with Crippen molar-refractivity contribution in [2.75, 3.05) is 6.54 Å². The minimum Gasteiger partial charge on any atom is -0.469 e. The van der Waals surface area contributed by atoms with Gasteiger partial charge in [-0.2, -0.15) is 0 Å². The summed E-state index contributed by atoms with van der Waals surface area (Å²) < 4.78 is 33.0. The minimum atomic E-state index is -0.528. The molecule has 1 N–H and O–H groups in total. The van der Waals surface area contributed by atoms with Crippen molar-refractivity contribution in [2.24, 2.45) is 0 Å². The van der Waals surface area contributed by atoms with Gasteiger partial charge in [-0.15, -0.1) is 0 Å². The molecule has 0 bridgehead atoms. The second kappa shape index (κ2) is 6.48. The van der Waals surface area contributed by atoms with Gasteiger partial charge in [0.25, 0.3) is 0 Å². The first-order chi connectivity index (χ1) is 9.22. The normalized spacial score (nSPS) is 12.6. The Hall–Kier alpha value is -1.68. The van der Waals surface area contributed by atoms with Crippen molar-refractivity contribution < 1.29 is 13.2 Å². The summed E-state index contributed by atoms with van der Waals surface area (Å²) in [6, 6.07) is 7.08. The zero-order valence-corrected chi connectivity index (χ0v) is 10.8. The molecule has 1 unspecified atom stereocenters. The van der Waals surface area contributed by atoms with E-state index in [9.17, 15) is 8.78 Å². The van der Waals surface area contributed by atoms with Crippen LogP contribution in [0.4, 0.5) is 8.78 Å². The minimum absolute atomic E-state index is 0.0763. The molecule has 4 heteroatoms. The molecule has 2 nitrogen and oxygen atoms in total. The van der Waals surface area contributed by atoms with Gasteiger partial charge >= 0.3 is 0 Å². The van der Waals surface area contributed by atoms with Crippen molar-refractivity contribution in [2.45, 2.75) is 25.8 Å². The van der Waals surface area contributed by atoms with E-state index in [0.717, 1.165) is 6.42 Å². The lowest BCUT2D eigenvalue weighted by Gasteiger charge is -2.19. The highest BCUT2D eigenvalue weighted by molar-refractivity contribution is 5.24. The first kappa shape index (κ1) is 13.7. The molecule has 0 radical (unpaired) electrons. The van der Waals surface area contributed by atoms with Gasteiger partial charge in [0.1, 0.15) is 17.4 Å². The van der Waals surface area contributed by atoms with Gasteiger partial charge in [-0.05, 0) is 37.2 Å². The molecule has 2 aromatic rings. The Labute approximate surface area is 111 Å². The zero-order valence-electron chi connectivity index (χ0n) is 10.8. The Morgan fingerprint density at radius 3 is 2.47 bits per heavy atom. The van der Waals surface area contributed by atoms with Crippen LogP contribution in [0.25, 0.3) is 0 Å². The van der Waals surface area contributed by atoms with E-state index in [1.54, 1.807) is 18.4 Å². The van der Waals surface area contributed by atoms with Gasteiger partial charge in [0.05, 0.1) is 6.26 Å². The molecule has 0 amide bonds. The van der Waals surface area contributed by atoms with Crippen LogP contribution in [0.1, 0.15) is 30.7 Å². The monoisotopic (exact) mass is 265 g/mol. The number of halogens is 2. The quantitative estimate of drug-likeness (QED) is 0.858. The summed E-state index contributed by atoms with van der Waals surface area (Å²) in [7, 11) is 0. The average Bonchev–Trinajstić information content (AvgIpc) is 2.88. The largest absolute Gasteiger partial charge is 0.469 e. The first-order valence-corrected chi connectivity index (χ1v) is 6.42.